The molecular weight excluding hydrogens is 242 g/mol. The summed E-state index contributed by atoms with van der Waals surface area (Å²) in [6.45, 7) is 0.0433. The average molecular weight is 254 g/mol. The number of amides is 1. The van der Waals surface area contributed by atoms with Crippen molar-refractivity contribution < 1.29 is 9.53 Å². The maximum Gasteiger partial charge on any atom is 0.264 e. The van der Waals surface area contributed by atoms with Crippen molar-refractivity contribution in [1.29, 1.82) is 0 Å². The second-order valence-electron chi connectivity index (χ2n) is 3.63. The summed E-state index contributed by atoms with van der Waals surface area (Å²) in [5.41, 5.74) is 6.93. The largest absolute Gasteiger partial charge is 0.481 e. The van der Waals surface area contributed by atoms with Gasteiger partial charge in [-0.3, -0.25) is 4.79 Å². The van der Waals surface area contributed by atoms with Crippen LogP contribution in [0, 0.1) is 0 Å². The Bertz CT molecular complexity index is 488. The number of anilines is 1. The van der Waals surface area contributed by atoms with E-state index in [1.54, 1.807) is 30.1 Å². The lowest BCUT2D eigenvalue weighted by molar-refractivity contribution is -0.120. The summed E-state index contributed by atoms with van der Waals surface area (Å²) in [5.74, 6) is 1.06. The standard InChI is InChI=1S/C11H12ClN3O2/c1-15-8-3-2-7(14-10(13)5-12)4-9(8)17-6-11(15)16/h2-4H,5-6H2,1H3,(H2,13,14). The summed E-state index contributed by atoms with van der Waals surface area (Å²) in [4.78, 5) is 17.1. The smallest absolute Gasteiger partial charge is 0.264 e. The van der Waals surface area contributed by atoms with Crippen LogP contribution >= 0.6 is 11.6 Å². The van der Waals surface area contributed by atoms with E-state index in [4.69, 9.17) is 22.1 Å². The molecule has 90 valence electrons. The molecule has 5 nitrogen and oxygen atoms in total. The molecule has 1 heterocycles. The number of ether oxygens (including phenoxy) is 1. The lowest BCUT2D eigenvalue weighted by atomic mass is 10.2. The molecule has 0 fully saturated rings. The quantitative estimate of drug-likeness (QED) is 0.490. The number of fused-ring (bicyclic) bond motifs is 1. The van der Waals surface area contributed by atoms with Gasteiger partial charge < -0.3 is 15.4 Å². The predicted octanol–water partition coefficient (Wildman–Crippen LogP) is 1.27. The van der Waals surface area contributed by atoms with Crippen molar-refractivity contribution >= 4 is 34.7 Å². The van der Waals surface area contributed by atoms with Gasteiger partial charge in [-0.25, -0.2) is 4.99 Å². The summed E-state index contributed by atoms with van der Waals surface area (Å²) < 4.78 is 5.33. The number of rotatable bonds is 2. The number of hydrogen-bond acceptors (Lipinski definition) is 3. The van der Waals surface area contributed by atoms with E-state index < -0.39 is 0 Å². The number of alkyl halides is 1. The number of nitrogens with zero attached hydrogens (tertiary/aromatic N) is 2. The third kappa shape index (κ3) is 2.34. The minimum atomic E-state index is -0.0750. The first-order valence-corrected chi connectivity index (χ1v) is 5.57. The molecule has 0 radical (unpaired) electrons. The Balaban J connectivity index is 2.35. The highest BCUT2D eigenvalue weighted by molar-refractivity contribution is 6.28. The molecule has 17 heavy (non-hydrogen) atoms. The first-order valence-electron chi connectivity index (χ1n) is 5.04. The second-order valence-corrected chi connectivity index (χ2v) is 3.90. The summed E-state index contributed by atoms with van der Waals surface area (Å²) in [5, 5.41) is 0. The van der Waals surface area contributed by atoms with E-state index in [-0.39, 0.29) is 18.4 Å². The molecule has 0 atom stereocenters. The maximum absolute atomic E-state index is 11.4. The Morgan fingerprint density at radius 3 is 3.12 bits per heavy atom. The van der Waals surface area contributed by atoms with Gasteiger partial charge in [0.25, 0.3) is 5.91 Å². The molecule has 0 saturated carbocycles. The van der Waals surface area contributed by atoms with Crippen LogP contribution in [-0.4, -0.2) is 31.3 Å². The molecule has 1 aliphatic heterocycles. The van der Waals surface area contributed by atoms with E-state index in [2.05, 4.69) is 4.99 Å². The van der Waals surface area contributed by atoms with Gasteiger partial charge in [0.15, 0.2) is 6.61 Å². The van der Waals surface area contributed by atoms with Gasteiger partial charge in [-0.1, -0.05) is 0 Å². The second kappa shape index (κ2) is 4.63. The molecule has 1 aliphatic rings. The number of benzene rings is 1. The van der Waals surface area contributed by atoms with Crippen LogP contribution in [0.15, 0.2) is 23.2 Å². The fourth-order valence-corrected chi connectivity index (χ4v) is 1.59. The van der Waals surface area contributed by atoms with Gasteiger partial charge in [0.2, 0.25) is 0 Å². The van der Waals surface area contributed by atoms with Crippen molar-refractivity contribution in [3.8, 4) is 5.75 Å². The average Bonchev–Trinajstić information content (AvgIpc) is 2.34. The number of nitrogens with two attached hydrogens (primary N) is 1. The minimum absolute atomic E-state index is 0.0433. The first kappa shape index (κ1) is 11.7. The molecule has 0 unspecified atom stereocenters. The molecule has 6 heteroatoms. The molecule has 0 aliphatic carbocycles. The van der Waals surface area contributed by atoms with E-state index in [0.29, 0.717) is 17.3 Å². The molecule has 2 N–H and O–H groups in total. The van der Waals surface area contributed by atoms with Gasteiger partial charge in [0.05, 0.1) is 17.3 Å². The summed E-state index contributed by atoms with van der Waals surface area (Å²) in [6.07, 6.45) is 0. The van der Waals surface area contributed by atoms with Crippen LogP contribution in [0.4, 0.5) is 11.4 Å². The molecule has 0 saturated heterocycles. The normalized spacial score (nSPS) is 15.5. The van der Waals surface area contributed by atoms with Crippen molar-refractivity contribution in [1.82, 2.24) is 0 Å². The molecule has 2 rings (SSSR count). The lowest BCUT2D eigenvalue weighted by Crippen LogP contribution is -2.35. The zero-order valence-electron chi connectivity index (χ0n) is 9.31. The number of amidine groups is 1. The van der Waals surface area contributed by atoms with Crippen LogP contribution in [0.3, 0.4) is 0 Å². The monoisotopic (exact) mass is 253 g/mol. The summed E-state index contributed by atoms with van der Waals surface area (Å²) in [6, 6.07) is 5.27. The lowest BCUT2D eigenvalue weighted by Gasteiger charge is -2.25. The zero-order valence-corrected chi connectivity index (χ0v) is 10.1. The Morgan fingerprint density at radius 2 is 2.41 bits per heavy atom. The van der Waals surface area contributed by atoms with E-state index in [1.165, 1.54) is 0 Å². The Hall–Kier alpha value is -1.75. The summed E-state index contributed by atoms with van der Waals surface area (Å²) >= 11 is 5.55. The number of hydrogen-bond donors (Lipinski definition) is 1. The third-order valence-electron chi connectivity index (χ3n) is 2.44. The van der Waals surface area contributed by atoms with Gasteiger partial charge in [-0.2, -0.15) is 0 Å². The number of carbonyl (C=O) groups is 1. The van der Waals surface area contributed by atoms with Crippen molar-refractivity contribution in [2.24, 2.45) is 10.7 Å². The summed E-state index contributed by atoms with van der Waals surface area (Å²) in [7, 11) is 1.71. The zero-order chi connectivity index (χ0) is 12.4. The van der Waals surface area contributed by atoms with E-state index in [0.717, 1.165) is 5.69 Å². The highest BCUT2D eigenvalue weighted by Crippen LogP contribution is 2.34. The number of aliphatic imine (C=N–C) groups is 1. The van der Waals surface area contributed by atoms with Crippen molar-refractivity contribution in [2.75, 3.05) is 24.4 Å². The van der Waals surface area contributed by atoms with Crippen LogP contribution in [0.25, 0.3) is 0 Å². The molecule has 1 aromatic carbocycles. The SMILES string of the molecule is CN1C(=O)COc2cc(N=C(N)CCl)ccc21. The molecular formula is C11H12ClN3O2. The molecule has 0 spiro atoms. The predicted molar refractivity (Wildman–Crippen MR) is 67.3 cm³/mol. The molecule has 1 amide bonds. The van der Waals surface area contributed by atoms with Gasteiger partial charge >= 0.3 is 0 Å². The number of carbonyl (C=O) groups excluding carboxylic acids is 1. The fourth-order valence-electron chi connectivity index (χ4n) is 1.53. The number of likely N-dealkylation sites (N-methyl/N-ethyl adjacent to an activating group) is 1. The van der Waals surface area contributed by atoms with E-state index >= 15 is 0 Å². The van der Waals surface area contributed by atoms with Gasteiger partial charge in [0, 0.05) is 13.1 Å². The van der Waals surface area contributed by atoms with Crippen LogP contribution in [-0.2, 0) is 4.79 Å². The van der Waals surface area contributed by atoms with Gasteiger partial charge in [-0.15, -0.1) is 11.6 Å². The minimum Gasteiger partial charge on any atom is -0.481 e. The first-order chi connectivity index (χ1) is 8.11. The molecule has 1 aromatic rings. The number of halogens is 1. The fraction of sp³-hybridized carbons (Fsp3) is 0.273. The van der Waals surface area contributed by atoms with Crippen LogP contribution in [0.2, 0.25) is 0 Å². The Morgan fingerprint density at radius 1 is 1.65 bits per heavy atom. The molecule has 0 bridgehead atoms. The Kier molecular flexibility index (Phi) is 3.19. The van der Waals surface area contributed by atoms with Crippen LogP contribution in [0.5, 0.6) is 5.75 Å². The van der Waals surface area contributed by atoms with E-state index in [1.807, 2.05) is 0 Å². The highest BCUT2D eigenvalue weighted by atomic mass is 35.5. The highest BCUT2D eigenvalue weighted by Gasteiger charge is 2.22. The van der Waals surface area contributed by atoms with Crippen molar-refractivity contribution in [3.05, 3.63) is 18.2 Å². The van der Waals surface area contributed by atoms with Crippen molar-refractivity contribution in [2.45, 2.75) is 0 Å². The van der Waals surface area contributed by atoms with Crippen molar-refractivity contribution in [3.63, 3.8) is 0 Å². The maximum atomic E-state index is 11.4. The van der Waals surface area contributed by atoms with E-state index in [9.17, 15) is 4.79 Å². The molecule has 0 aromatic heterocycles. The Labute approximate surface area is 104 Å². The third-order valence-corrected chi connectivity index (χ3v) is 2.71. The van der Waals surface area contributed by atoms with Crippen LogP contribution < -0.4 is 15.4 Å². The topological polar surface area (TPSA) is 67.9 Å². The van der Waals surface area contributed by atoms with Gasteiger partial charge in [0.1, 0.15) is 11.6 Å². The van der Waals surface area contributed by atoms with Gasteiger partial charge in [-0.05, 0) is 12.1 Å². The van der Waals surface area contributed by atoms with Crippen LogP contribution in [0.1, 0.15) is 0 Å².